The maximum Gasteiger partial charge on any atom is 0.573 e. The lowest BCUT2D eigenvalue weighted by molar-refractivity contribution is -0.274. The molecule has 1 fully saturated rings. The predicted molar refractivity (Wildman–Crippen MR) is 121 cm³/mol. The average Bonchev–Trinajstić information content (AvgIpc) is 3.36. The van der Waals surface area contributed by atoms with Crippen molar-refractivity contribution in [1.82, 2.24) is 9.88 Å². The molecule has 0 saturated carbocycles. The standard InChI is InChI=1S/C24H22F4N4O4/c25-19-13-32(21(33)9-14-1-3-17(4-2-14)36-24(26,27)28)8-6-20(19)35-23-18(22(29)34)10-16(12-31-23)15-5-7-30-11-15/h1-5,10-12,19-20H,6-9,13H2,(H2,29,34)/t19-,20+/m1/s1. The molecule has 2 amide bonds. The molecule has 190 valence electrons. The number of hydrogen-bond donors (Lipinski definition) is 1. The van der Waals surface area contributed by atoms with Crippen LogP contribution in [0.15, 0.2) is 47.6 Å². The Morgan fingerprint density at radius 2 is 1.94 bits per heavy atom. The molecular weight excluding hydrogens is 484 g/mol. The van der Waals surface area contributed by atoms with Crippen molar-refractivity contribution in [3.8, 4) is 11.6 Å². The van der Waals surface area contributed by atoms with Crippen molar-refractivity contribution >= 4 is 23.6 Å². The maximum absolute atomic E-state index is 14.9. The summed E-state index contributed by atoms with van der Waals surface area (Å²) in [7, 11) is 0. The van der Waals surface area contributed by atoms with Gasteiger partial charge in [-0.15, -0.1) is 13.2 Å². The molecule has 1 saturated heterocycles. The van der Waals surface area contributed by atoms with Gasteiger partial charge in [0.15, 0.2) is 6.17 Å². The van der Waals surface area contributed by atoms with Crippen LogP contribution in [-0.4, -0.2) is 66.2 Å². The molecule has 4 rings (SSSR count). The fraction of sp³-hybridized carbons (Fsp3) is 0.333. The Morgan fingerprint density at radius 1 is 1.19 bits per heavy atom. The first-order valence-corrected chi connectivity index (χ1v) is 11.0. The molecule has 2 N–H and O–H groups in total. The quantitative estimate of drug-likeness (QED) is 0.581. The number of aliphatic imine (C=N–C) groups is 1. The van der Waals surface area contributed by atoms with Gasteiger partial charge < -0.3 is 20.1 Å². The molecule has 12 heteroatoms. The zero-order chi connectivity index (χ0) is 25.9. The van der Waals surface area contributed by atoms with Gasteiger partial charge in [-0.1, -0.05) is 18.2 Å². The van der Waals surface area contributed by atoms with E-state index in [0.29, 0.717) is 17.7 Å². The van der Waals surface area contributed by atoms with Crippen LogP contribution in [-0.2, 0) is 11.2 Å². The lowest BCUT2D eigenvalue weighted by Crippen LogP contribution is -2.49. The molecule has 0 spiro atoms. The van der Waals surface area contributed by atoms with E-state index >= 15 is 0 Å². The summed E-state index contributed by atoms with van der Waals surface area (Å²) in [6.45, 7) is 0.469. The molecule has 0 radical (unpaired) electrons. The summed E-state index contributed by atoms with van der Waals surface area (Å²) in [4.78, 5) is 34.1. The fourth-order valence-corrected chi connectivity index (χ4v) is 3.91. The van der Waals surface area contributed by atoms with E-state index in [1.807, 2.05) is 6.08 Å². The van der Waals surface area contributed by atoms with Crippen molar-refractivity contribution in [3.05, 3.63) is 59.3 Å². The molecule has 8 nitrogen and oxygen atoms in total. The van der Waals surface area contributed by atoms with Gasteiger partial charge in [0, 0.05) is 30.9 Å². The molecule has 2 aliphatic rings. The van der Waals surface area contributed by atoms with Crippen LogP contribution < -0.4 is 15.2 Å². The molecule has 3 heterocycles. The van der Waals surface area contributed by atoms with E-state index in [1.54, 1.807) is 6.21 Å². The first kappa shape index (κ1) is 25.1. The summed E-state index contributed by atoms with van der Waals surface area (Å²) >= 11 is 0. The molecule has 2 aromatic rings. The summed E-state index contributed by atoms with van der Waals surface area (Å²) in [5, 5.41) is 0. The van der Waals surface area contributed by atoms with Gasteiger partial charge in [-0.05, 0) is 29.3 Å². The van der Waals surface area contributed by atoms with E-state index in [4.69, 9.17) is 10.5 Å². The first-order chi connectivity index (χ1) is 17.1. The zero-order valence-electron chi connectivity index (χ0n) is 18.9. The number of nitrogens with two attached hydrogens (primary N) is 1. The second-order valence-corrected chi connectivity index (χ2v) is 8.26. The smallest absolute Gasteiger partial charge is 0.471 e. The van der Waals surface area contributed by atoms with Gasteiger partial charge in [0.1, 0.15) is 17.4 Å². The number of likely N-dealkylation sites (tertiary alicyclic amines) is 1. The maximum atomic E-state index is 14.9. The van der Waals surface area contributed by atoms with Crippen LogP contribution in [0.5, 0.6) is 11.6 Å². The van der Waals surface area contributed by atoms with Crippen molar-refractivity contribution in [2.45, 2.75) is 31.5 Å². The third-order valence-corrected chi connectivity index (χ3v) is 5.71. The van der Waals surface area contributed by atoms with E-state index in [1.165, 1.54) is 29.3 Å². The lowest BCUT2D eigenvalue weighted by Gasteiger charge is -2.34. The van der Waals surface area contributed by atoms with E-state index in [0.717, 1.165) is 17.7 Å². The Hall–Kier alpha value is -3.96. The third-order valence-electron chi connectivity index (χ3n) is 5.71. The second-order valence-electron chi connectivity index (χ2n) is 8.26. The largest absolute Gasteiger partial charge is 0.573 e. The number of primary amides is 1. The van der Waals surface area contributed by atoms with Crippen molar-refractivity contribution in [2.75, 3.05) is 19.6 Å². The zero-order valence-corrected chi connectivity index (χ0v) is 18.9. The van der Waals surface area contributed by atoms with Gasteiger partial charge in [-0.3, -0.25) is 14.6 Å². The number of aromatic nitrogens is 1. The van der Waals surface area contributed by atoms with Crippen molar-refractivity contribution in [3.63, 3.8) is 0 Å². The number of allylic oxidation sites excluding steroid dienone is 1. The first-order valence-electron chi connectivity index (χ1n) is 11.0. The van der Waals surface area contributed by atoms with Crippen molar-refractivity contribution in [1.29, 1.82) is 0 Å². The van der Waals surface area contributed by atoms with Gasteiger partial charge in [-0.25, -0.2) is 9.37 Å². The molecule has 0 unspecified atom stereocenters. The summed E-state index contributed by atoms with van der Waals surface area (Å²) in [5.74, 6) is -1.64. The van der Waals surface area contributed by atoms with Gasteiger partial charge in [0.25, 0.3) is 5.91 Å². The highest BCUT2D eigenvalue weighted by molar-refractivity contribution is 6.12. The lowest BCUT2D eigenvalue weighted by atomic mass is 10.0. The van der Waals surface area contributed by atoms with Crippen LogP contribution in [0.3, 0.4) is 0 Å². The molecular formula is C24H22F4N4O4. The number of carbonyl (C=O) groups is 2. The number of carbonyl (C=O) groups excluding carboxylic acids is 2. The number of pyridine rings is 1. The number of rotatable bonds is 7. The van der Waals surface area contributed by atoms with Crippen LogP contribution in [0.1, 0.15) is 27.9 Å². The Labute approximate surface area is 203 Å². The number of piperidine rings is 1. The van der Waals surface area contributed by atoms with Crippen molar-refractivity contribution in [2.24, 2.45) is 10.7 Å². The minimum absolute atomic E-state index is 0.0114. The van der Waals surface area contributed by atoms with Crippen LogP contribution >= 0.6 is 0 Å². The normalized spacial score (nSPS) is 19.7. The third kappa shape index (κ3) is 6.18. The van der Waals surface area contributed by atoms with E-state index in [-0.39, 0.29) is 43.3 Å². The minimum Gasteiger partial charge on any atom is -0.471 e. The number of hydrogen-bond acceptors (Lipinski definition) is 6. The Balaban J connectivity index is 1.35. The molecule has 1 aromatic heterocycles. The van der Waals surface area contributed by atoms with E-state index < -0.39 is 30.3 Å². The van der Waals surface area contributed by atoms with Crippen LogP contribution in [0, 0.1) is 0 Å². The summed E-state index contributed by atoms with van der Waals surface area (Å²) in [6, 6.07) is 6.42. The number of halogens is 4. The van der Waals surface area contributed by atoms with E-state index in [9.17, 15) is 27.2 Å². The molecule has 0 aliphatic carbocycles. The predicted octanol–water partition coefficient (Wildman–Crippen LogP) is 3.11. The van der Waals surface area contributed by atoms with Gasteiger partial charge in [0.2, 0.25) is 11.8 Å². The number of ether oxygens (including phenoxy) is 2. The molecule has 2 aliphatic heterocycles. The molecule has 36 heavy (non-hydrogen) atoms. The number of amides is 2. The fourth-order valence-electron chi connectivity index (χ4n) is 3.91. The highest BCUT2D eigenvalue weighted by atomic mass is 19.4. The average molecular weight is 506 g/mol. The van der Waals surface area contributed by atoms with Gasteiger partial charge in [-0.2, -0.15) is 0 Å². The molecule has 2 atom stereocenters. The van der Waals surface area contributed by atoms with Crippen LogP contribution in [0.25, 0.3) is 5.57 Å². The van der Waals surface area contributed by atoms with Crippen LogP contribution in [0.4, 0.5) is 17.6 Å². The second kappa shape index (κ2) is 10.3. The summed E-state index contributed by atoms with van der Waals surface area (Å²) in [5.41, 5.74) is 7.36. The minimum atomic E-state index is -4.81. The Kier molecular flexibility index (Phi) is 7.22. The van der Waals surface area contributed by atoms with Gasteiger partial charge in [0.05, 0.1) is 19.5 Å². The molecule has 0 bridgehead atoms. The van der Waals surface area contributed by atoms with E-state index in [2.05, 4.69) is 14.7 Å². The number of benzene rings is 1. The number of alkyl halides is 4. The molecule has 1 aromatic carbocycles. The topological polar surface area (TPSA) is 107 Å². The highest BCUT2D eigenvalue weighted by Gasteiger charge is 2.34. The number of nitrogens with zero attached hydrogens (tertiary/aromatic N) is 3. The SMILES string of the molecule is NC(=O)c1cc(C2=CCN=C2)cnc1O[C@H]1CCN(C(=O)Cc2ccc(OC(F)(F)F)cc2)C[C@H]1F. The monoisotopic (exact) mass is 506 g/mol. The Bertz CT molecular complexity index is 1200. The highest BCUT2D eigenvalue weighted by Crippen LogP contribution is 2.27. The summed E-state index contributed by atoms with van der Waals surface area (Å²) < 4.78 is 61.3. The Morgan fingerprint density at radius 3 is 2.56 bits per heavy atom. The van der Waals surface area contributed by atoms with Crippen molar-refractivity contribution < 1.29 is 36.6 Å². The summed E-state index contributed by atoms with van der Waals surface area (Å²) in [6.07, 6.45) is -2.29. The van der Waals surface area contributed by atoms with Gasteiger partial charge >= 0.3 is 6.36 Å². The van der Waals surface area contributed by atoms with Crippen LogP contribution in [0.2, 0.25) is 0 Å².